The van der Waals surface area contributed by atoms with E-state index in [-0.39, 0.29) is 35.6 Å². The summed E-state index contributed by atoms with van der Waals surface area (Å²) in [6.45, 7) is 4.67. The standard InChI is InChI=1S/C29H35F6N7O4/c1-13(2)20(27(45)42(4)5)38-25(43)17(12-29(33,34)35)16-6-7-18-23(19(16)30)37-24(36-18)22(15-8-10-28(31,32)11-9-15)39-26(44)21-14(3)40-46-41-21/h6-7,13,15,17,20,22H,8-12H2,1-5H3,(H,36,37)(H,38,43)(H,39,44)/t17-,20-,22+/m1/s1. The van der Waals surface area contributed by atoms with E-state index in [1.165, 1.54) is 32.0 Å². The van der Waals surface area contributed by atoms with Crippen molar-refractivity contribution in [3.05, 3.63) is 40.7 Å². The third kappa shape index (κ3) is 7.78. The molecule has 0 unspecified atom stereocenters. The third-order valence-corrected chi connectivity index (χ3v) is 8.12. The zero-order chi connectivity index (χ0) is 34.1. The zero-order valence-corrected chi connectivity index (χ0v) is 25.8. The molecule has 1 saturated carbocycles. The fourth-order valence-corrected chi connectivity index (χ4v) is 5.57. The topological polar surface area (TPSA) is 146 Å². The number of rotatable bonds is 10. The highest BCUT2D eigenvalue weighted by atomic mass is 19.4. The van der Waals surface area contributed by atoms with Crippen molar-refractivity contribution in [3.63, 3.8) is 0 Å². The van der Waals surface area contributed by atoms with E-state index in [0.717, 1.165) is 6.07 Å². The summed E-state index contributed by atoms with van der Waals surface area (Å²) in [7, 11) is 2.86. The number of halogens is 6. The van der Waals surface area contributed by atoms with Gasteiger partial charge in [-0.1, -0.05) is 25.1 Å². The van der Waals surface area contributed by atoms with E-state index in [1.54, 1.807) is 13.8 Å². The average Bonchev–Trinajstić information content (AvgIpc) is 3.59. The van der Waals surface area contributed by atoms with Gasteiger partial charge < -0.3 is 20.5 Å². The minimum absolute atomic E-state index is 0.0186. The molecule has 1 fully saturated rings. The molecule has 3 N–H and O–H groups in total. The van der Waals surface area contributed by atoms with E-state index in [0.29, 0.717) is 0 Å². The minimum atomic E-state index is -4.88. The number of amides is 3. The van der Waals surface area contributed by atoms with Crippen LogP contribution in [0.1, 0.15) is 85.5 Å². The van der Waals surface area contributed by atoms with Crippen LogP contribution in [0.15, 0.2) is 16.8 Å². The lowest BCUT2D eigenvalue weighted by atomic mass is 9.81. The summed E-state index contributed by atoms with van der Waals surface area (Å²) in [6, 6.07) is 0.0455. The minimum Gasteiger partial charge on any atom is -0.347 e. The molecule has 46 heavy (non-hydrogen) atoms. The van der Waals surface area contributed by atoms with E-state index in [4.69, 9.17) is 0 Å². The Morgan fingerprint density at radius 2 is 1.76 bits per heavy atom. The van der Waals surface area contributed by atoms with Gasteiger partial charge in [-0.05, 0) is 42.8 Å². The Kier molecular flexibility index (Phi) is 10.0. The van der Waals surface area contributed by atoms with Gasteiger partial charge in [-0.3, -0.25) is 14.4 Å². The number of aromatic amines is 1. The molecule has 0 spiro atoms. The van der Waals surface area contributed by atoms with Gasteiger partial charge in [0.1, 0.15) is 23.1 Å². The maximum Gasteiger partial charge on any atom is 0.390 e. The lowest BCUT2D eigenvalue weighted by molar-refractivity contribution is -0.149. The fourth-order valence-electron chi connectivity index (χ4n) is 5.57. The molecule has 0 aliphatic heterocycles. The van der Waals surface area contributed by atoms with Gasteiger partial charge in [0, 0.05) is 32.5 Å². The first-order valence-corrected chi connectivity index (χ1v) is 14.6. The summed E-state index contributed by atoms with van der Waals surface area (Å²) in [5, 5.41) is 12.1. The van der Waals surface area contributed by atoms with Crippen LogP contribution in [0.3, 0.4) is 0 Å². The first kappa shape index (κ1) is 34.7. The van der Waals surface area contributed by atoms with Gasteiger partial charge in [-0.25, -0.2) is 22.8 Å². The van der Waals surface area contributed by atoms with Crippen LogP contribution in [0.4, 0.5) is 26.3 Å². The number of likely N-dealkylation sites (N-methyl/N-ethyl adjacent to an activating group) is 1. The molecule has 11 nitrogen and oxygen atoms in total. The monoisotopic (exact) mass is 659 g/mol. The van der Waals surface area contributed by atoms with Crippen molar-refractivity contribution in [1.29, 1.82) is 0 Å². The van der Waals surface area contributed by atoms with Crippen molar-refractivity contribution in [2.24, 2.45) is 11.8 Å². The Labute approximate surface area is 259 Å². The molecule has 2 aromatic heterocycles. The van der Waals surface area contributed by atoms with Crippen LogP contribution in [0.5, 0.6) is 0 Å². The average molecular weight is 660 g/mol. The Morgan fingerprint density at radius 3 is 2.30 bits per heavy atom. The molecular weight excluding hydrogens is 624 g/mol. The van der Waals surface area contributed by atoms with Gasteiger partial charge in [0.05, 0.1) is 23.9 Å². The van der Waals surface area contributed by atoms with Gasteiger partial charge in [0.15, 0.2) is 11.5 Å². The van der Waals surface area contributed by atoms with Crippen molar-refractivity contribution < 1.29 is 45.4 Å². The molecule has 17 heteroatoms. The number of alkyl halides is 5. The summed E-state index contributed by atoms with van der Waals surface area (Å²) in [4.78, 5) is 47.2. The number of fused-ring (bicyclic) bond motifs is 1. The van der Waals surface area contributed by atoms with Gasteiger partial charge >= 0.3 is 6.18 Å². The SMILES string of the molecule is Cc1nonc1C(=O)N[C@H](c1nc2c(F)c([C@@H](CC(F)(F)F)C(=O)N[C@@H](C(=O)N(C)C)C(C)C)ccc2[nH]1)C1CCC(F)(F)CC1. The van der Waals surface area contributed by atoms with Crippen LogP contribution in [0, 0.1) is 24.6 Å². The molecule has 1 aliphatic rings. The maximum absolute atomic E-state index is 16.1. The Hall–Kier alpha value is -4.18. The number of hydrogen-bond acceptors (Lipinski definition) is 7. The zero-order valence-electron chi connectivity index (χ0n) is 25.8. The molecule has 0 bridgehead atoms. The predicted octanol–water partition coefficient (Wildman–Crippen LogP) is 4.96. The van der Waals surface area contributed by atoms with Crippen molar-refractivity contribution in [2.45, 2.75) is 83.0 Å². The van der Waals surface area contributed by atoms with E-state index in [1.807, 2.05) is 0 Å². The van der Waals surface area contributed by atoms with Gasteiger partial charge in [0.25, 0.3) is 5.91 Å². The van der Waals surface area contributed by atoms with Crippen molar-refractivity contribution in [1.82, 2.24) is 35.8 Å². The van der Waals surface area contributed by atoms with E-state index in [2.05, 4.69) is 35.5 Å². The highest BCUT2D eigenvalue weighted by molar-refractivity contribution is 5.93. The first-order chi connectivity index (χ1) is 21.4. The molecule has 0 saturated heterocycles. The Bertz CT molecular complexity index is 1580. The number of carbonyl (C=O) groups is 3. The number of imidazole rings is 1. The molecule has 252 valence electrons. The van der Waals surface area contributed by atoms with Crippen molar-refractivity contribution in [2.75, 3.05) is 14.1 Å². The second kappa shape index (κ2) is 13.3. The summed E-state index contributed by atoms with van der Waals surface area (Å²) in [6.07, 6.45) is -7.57. The maximum atomic E-state index is 16.1. The number of nitrogens with one attached hydrogen (secondary N) is 3. The molecule has 1 aromatic carbocycles. The Morgan fingerprint density at radius 1 is 1.11 bits per heavy atom. The smallest absolute Gasteiger partial charge is 0.347 e. The number of nitrogens with zero attached hydrogens (tertiary/aromatic N) is 4. The number of hydrogen-bond donors (Lipinski definition) is 3. The third-order valence-electron chi connectivity index (χ3n) is 8.12. The van der Waals surface area contributed by atoms with Crippen LogP contribution in [-0.2, 0) is 9.59 Å². The highest BCUT2D eigenvalue weighted by Gasteiger charge is 2.42. The molecule has 3 atom stereocenters. The van der Waals surface area contributed by atoms with Crippen molar-refractivity contribution in [3.8, 4) is 0 Å². The van der Waals surface area contributed by atoms with Crippen LogP contribution in [-0.4, -0.2) is 75.1 Å². The molecule has 4 rings (SSSR count). The number of carbonyl (C=O) groups excluding carboxylic acids is 3. The van der Waals surface area contributed by atoms with Crippen LogP contribution >= 0.6 is 0 Å². The van der Waals surface area contributed by atoms with Crippen LogP contribution < -0.4 is 10.6 Å². The first-order valence-electron chi connectivity index (χ1n) is 14.6. The number of aryl methyl sites for hydroxylation is 1. The quantitative estimate of drug-likeness (QED) is 0.261. The summed E-state index contributed by atoms with van der Waals surface area (Å²) in [5.74, 6) is -9.79. The van der Waals surface area contributed by atoms with E-state index in [9.17, 15) is 36.3 Å². The number of H-pyrrole nitrogens is 1. The molecular formula is C29H35F6N7O4. The summed E-state index contributed by atoms with van der Waals surface area (Å²) < 4.78 is 89.7. The van der Waals surface area contributed by atoms with E-state index >= 15 is 4.39 Å². The molecule has 3 aromatic rings. The lowest BCUT2D eigenvalue weighted by Gasteiger charge is -2.33. The Balaban J connectivity index is 1.73. The van der Waals surface area contributed by atoms with Crippen LogP contribution in [0.25, 0.3) is 11.0 Å². The van der Waals surface area contributed by atoms with E-state index < -0.39 is 95.8 Å². The van der Waals surface area contributed by atoms with Gasteiger partial charge in [0.2, 0.25) is 17.7 Å². The van der Waals surface area contributed by atoms with Gasteiger partial charge in [-0.15, -0.1) is 0 Å². The highest BCUT2D eigenvalue weighted by Crippen LogP contribution is 2.42. The largest absolute Gasteiger partial charge is 0.390 e. The summed E-state index contributed by atoms with van der Waals surface area (Å²) in [5.41, 5.74) is -0.999. The number of aromatic nitrogens is 4. The number of benzene rings is 1. The summed E-state index contributed by atoms with van der Waals surface area (Å²) >= 11 is 0. The normalized spacial score (nSPS) is 17.5. The van der Waals surface area contributed by atoms with Crippen molar-refractivity contribution >= 4 is 28.8 Å². The molecule has 2 heterocycles. The van der Waals surface area contributed by atoms with Crippen LogP contribution in [0.2, 0.25) is 0 Å². The fraction of sp³-hybridized carbons (Fsp3) is 0.586. The second-order valence-corrected chi connectivity index (χ2v) is 12.2. The molecule has 3 amide bonds. The molecule has 0 radical (unpaired) electrons. The predicted molar refractivity (Wildman–Crippen MR) is 151 cm³/mol. The lowest BCUT2D eigenvalue weighted by Crippen LogP contribution is -2.50. The molecule has 1 aliphatic carbocycles. The second-order valence-electron chi connectivity index (χ2n) is 12.2. The van der Waals surface area contributed by atoms with Gasteiger partial charge in [-0.2, -0.15) is 13.2 Å².